The van der Waals surface area contributed by atoms with Gasteiger partial charge in [-0.05, 0) is 30.6 Å². The quantitative estimate of drug-likeness (QED) is 0.899. The number of nitrogens with zero attached hydrogens (tertiary/aromatic N) is 4. The van der Waals surface area contributed by atoms with Crippen molar-refractivity contribution in [3.05, 3.63) is 18.1 Å². The first-order chi connectivity index (χ1) is 11.8. The molecule has 0 bridgehead atoms. The van der Waals surface area contributed by atoms with Crippen molar-refractivity contribution in [1.82, 2.24) is 14.9 Å². The summed E-state index contributed by atoms with van der Waals surface area (Å²) in [7, 11) is 0. The second-order valence-corrected chi connectivity index (χ2v) is 7.65. The van der Waals surface area contributed by atoms with Gasteiger partial charge in [0.2, 0.25) is 5.91 Å². The van der Waals surface area contributed by atoms with Crippen LogP contribution < -0.4 is 4.90 Å². The SMILES string of the molecule is CC(=O)N1CC2(CCN(c3ncncc3C(C)C)CC2)C[C@H]1C(=O)O. The molecule has 2 fully saturated rings. The van der Waals surface area contributed by atoms with E-state index in [0.29, 0.717) is 18.9 Å². The second-order valence-electron chi connectivity index (χ2n) is 7.65. The van der Waals surface area contributed by atoms with E-state index >= 15 is 0 Å². The fourth-order valence-corrected chi connectivity index (χ4v) is 4.17. The topological polar surface area (TPSA) is 86.6 Å². The zero-order valence-corrected chi connectivity index (χ0v) is 15.1. The minimum absolute atomic E-state index is 0.0871. The maximum atomic E-state index is 11.8. The Balaban J connectivity index is 1.74. The van der Waals surface area contributed by atoms with Gasteiger partial charge in [-0.15, -0.1) is 0 Å². The highest BCUT2D eigenvalue weighted by molar-refractivity contribution is 5.83. The van der Waals surface area contributed by atoms with Gasteiger partial charge in [-0.1, -0.05) is 13.8 Å². The van der Waals surface area contributed by atoms with Crippen molar-refractivity contribution in [2.24, 2.45) is 5.41 Å². The van der Waals surface area contributed by atoms with Gasteiger partial charge in [0.1, 0.15) is 18.2 Å². The van der Waals surface area contributed by atoms with Gasteiger partial charge >= 0.3 is 5.97 Å². The van der Waals surface area contributed by atoms with Crippen molar-refractivity contribution >= 4 is 17.7 Å². The van der Waals surface area contributed by atoms with Crippen molar-refractivity contribution in [3.8, 4) is 0 Å². The van der Waals surface area contributed by atoms with Gasteiger partial charge in [0, 0.05) is 38.3 Å². The highest BCUT2D eigenvalue weighted by Crippen LogP contribution is 2.44. The molecule has 0 radical (unpaired) electrons. The number of anilines is 1. The first kappa shape index (κ1) is 17.6. The minimum atomic E-state index is -0.896. The summed E-state index contributed by atoms with van der Waals surface area (Å²) < 4.78 is 0. The number of aliphatic carboxylic acids is 1. The standard InChI is InChI=1S/C18H26N4O3/c1-12(2)14-9-19-11-20-16(14)21-6-4-18(5-7-21)8-15(17(24)25)22(10-18)13(3)23/h9,11-12,15H,4-8,10H2,1-3H3,(H,24,25)/t15-/m0/s1. The normalized spacial score (nSPS) is 22.6. The number of carboxylic acids is 1. The van der Waals surface area contributed by atoms with Gasteiger partial charge in [-0.2, -0.15) is 0 Å². The average molecular weight is 346 g/mol. The van der Waals surface area contributed by atoms with E-state index in [1.807, 2.05) is 6.20 Å². The van der Waals surface area contributed by atoms with Crippen LogP contribution in [0.4, 0.5) is 5.82 Å². The van der Waals surface area contributed by atoms with E-state index in [0.717, 1.165) is 37.3 Å². The van der Waals surface area contributed by atoms with Crippen molar-refractivity contribution in [2.45, 2.75) is 52.0 Å². The Labute approximate surface area is 148 Å². The molecule has 7 heteroatoms. The number of rotatable bonds is 3. The molecule has 0 aliphatic carbocycles. The molecular weight excluding hydrogens is 320 g/mol. The molecule has 7 nitrogen and oxygen atoms in total. The summed E-state index contributed by atoms with van der Waals surface area (Å²) in [5, 5.41) is 9.45. The van der Waals surface area contributed by atoms with Gasteiger partial charge in [0.15, 0.2) is 0 Å². The van der Waals surface area contributed by atoms with E-state index in [-0.39, 0.29) is 11.3 Å². The lowest BCUT2D eigenvalue weighted by atomic mass is 9.76. The lowest BCUT2D eigenvalue weighted by Crippen LogP contribution is -2.43. The Morgan fingerprint density at radius 2 is 2.00 bits per heavy atom. The molecule has 0 aromatic carbocycles. The third kappa shape index (κ3) is 3.32. The van der Waals surface area contributed by atoms with Crippen LogP contribution in [0, 0.1) is 5.41 Å². The van der Waals surface area contributed by atoms with Crippen molar-refractivity contribution in [3.63, 3.8) is 0 Å². The van der Waals surface area contributed by atoms with Crippen LogP contribution in [0.5, 0.6) is 0 Å². The molecule has 136 valence electrons. The van der Waals surface area contributed by atoms with Crippen LogP contribution in [0.15, 0.2) is 12.5 Å². The van der Waals surface area contributed by atoms with E-state index in [4.69, 9.17) is 0 Å². The van der Waals surface area contributed by atoms with Gasteiger partial charge in [0.25, 0.3) is 0 Å². The zero-order valence-electron chi connectivity index (χ0n) is 15.1. The van der Waals surface area contributed by atoms with E-state index in [9.17, 15) is 14.7 Å². The van der Waals surface area contributed by atoms with Gasteiger partial charge in [0.05, 0.1) is 0 Å². The monoisotopic (exact) mass is 346 g/mol. The smallest absolute Gasteiger partial charge is 0.326 e. The first-order valence-electron chi connectivity index (χ1n) is 8.88. The van der Waals surface area contributed by atoms with Crippen LogP contribution in [-0.4, -0.2) is 57.5 Å². The minimum Gasteiger partial charge on any atom is -0.480 e. The van der Waals surface area contributed by atoms with Crippen LogP contribution in [-0.2, 0) is 9.59 Å². The molecule has 2 aliphatic rings. The zero-order chi connectivity index (χ0) is 18.2. The highest BCUT2D eigenvalue weighted by atomic mass is 16.4. The number of likely N-dealkylation sites (tertiary alicyclic amines) is 1. The van der Waals surface area contributed by atoms with Crippen LogP contribution in [0.2, 0.25) is 0 Å². The van der Waals surface area contributed by atoms with E-state index in [2.05, 4.69) is 28.7 Å². The van der Waals surface area contributed by atoms with Crippen molar-refractivity contribution in [1.29, 1.82) is 0 Å². The van der Waals surface area contributed by atoms with Crippen LogP contribution in [0.25, 0.3) is 0 Å². The molecule has 3 heterocycles. The fourth-order valence-electron chi connectivity index (χ4n) is 4.17. The lowest BCUT2D eigenvalue weighted by Gasteiger charge is -2.40. The Bertz CT molecular complexity index is 644. The van der Waals surface area contributed by atoms with Gasteiger partial charge in [-0.25, -0.2) is 14.8 Å². The summed E-state index contributed by atoms with van der Waals surface area (Å²) >= 11 is 0. The molecule has 1 spiro atoms. The molecule has 25 heavy (non-hydrogen) atoms. The van der Waals surface area contributed by atoms with E-state index < -0.39 is 12.0 Å². The third-order valence-corrected chi connectivity index (χ3v) is 5.66. The maximum absolute atomic E-state index is 11.8. The summed E-state index contributed by atoms with van der Waals surface area (Å²) in [6.45, 7) is 7.93. The van der Waals surface area contributed by atoms with Crippen molar-refractivity contribution < 1.29 is 14.7 Å². The fraction of sp³-hybridized carbons (Fsp3) is 0.667. The van der Waals surface area contributed by atoms with Gasteiger partial charge < -0.3 is 14.9 Å². The molecule has 1 aromatic heterocycles. The number of carboxylic acid groups (broad SMARTS) is 1. The Morgan fingerprint density at radius 1 is 1.32 bits per heavy atom. The average Bonchev–Trinajstić information content (AvgIpc) is 2.95. The largest absolute Gasteiger partial charge is 0.480 e. The number of amides is 1. The molecule has 0 saturated carbocycles. The number of carbonyl (C=O) groups excluding carboxylic acids is 1. The second kappa shape index (κ2) is 6.61. The third-order valence-electron chi connectivity index (χ3n) is 5.66. The molecule has 1 amide bonds. The van der Waals surface area contributed by atoms with E-state index in [1.165, 1.54) is 11.8 Å². The predicted molar refractivity (Wildman–Crippen MR) is 93.4 cm³/mol. The number of hydrogen-bond donors (Lipinski definition) is 1. The number of carbonyl (C=O) groups is 2. The summed E-state index contributed by atoms with van der Waals surface area (Å²) in [5.74, 6) is 0.288. The molecular formula is C18H26N4O3. The lowest BCUT2D eigenvalue weighted by molar-refractivity contribution is -0.147. The Morgan fingerprint density at radius 3 is 2.52 bits per heavy atom. The molecule has 3 rings (SSSR count). The first-order valence-corrected chi connectivity index (χ1v) is 8.88. The highest BCUT2D eigenvalue weighted by Gasteiger charge is 2.49. The Kier molecular flexibility index (Phi) is 4.67. The summed E-state index contributed by atoms with van der Waals surface area (Å²) in [4.78, 5) is 35.8. The predicted octanol–water partition coefficient (Wildman–Crippen LogP) is 1.89. The number of aromatic nitrogens is 2. The van der Waals surface area contributed by atoms with Crippen molar-refractivity contribution in [2.75, 3.05) is 24.5 Å². The summed E-state index contributed by atoms with van der Waals surface area (Å²) in [5.41, 5.74) is 1.05. The number of hydrogen-bond acceptors (Lipinski definition) is 5. The van der Waals surface area contributed by atoms with Crippen LogP contribution in [0.1, 0.15) is 51.5 Å². The molecule has 1 N–H and O–H groups in total. The summed E-state index contributed by atoms with van der Waals surface area (Å²) in [6.07, 6.45) is 5.77. The van der Waals surface area contributed by atoms with Crippen LogP contribution in [0.3, 0.4) is 0 Å². The van der Waals surface area contributed by atoms with E-state index in [1.54, 1.807) is 6.33 Å². The van der Waals surface area contributed by atoms with Gasteiger partial charge in [-0.3, -0.25) is 4.79 Å². The molecule has 0 unspecified atom stereocenters. The molecule has 2 saturated heterocycles. The Hall–Kier alpha value is -2.18. The molecule has 1 aromatic rings. The number of piperidine rings is 1. The molecule has 2 aliphatic heterocycles. The maximum Gasteiger partial charge on any atom is 0.326 e. The summed E-state index contributed by atoms with van der Waals surface area (Å²) in [6, 6.07) is -0.686. The molecule has 1 atom stereocenters. The van der Waals surface area contributed by atoms with Crippen LogP contribution >= 0.6 is 0 Å².